The molecule has 1 aromatic heterocycles. The lowest BCUT2D eigenvalue weighted by molar-refractivity contribution is -0.114. The van der Waals surface area contributed by atoms with Crippen LogP contribution in [-0.4, -0.2) is 93.8 Å². The van der Waals surface area contributed by atoms with E-state index < -0.39 is 0 Å². The summed E-state index contributed by atoms with van der Waals surface area (Å²) in [5.41, 5.74) is 4.35. The predicted octanol–water partition coefficient (Wildman–Crippen LogP) is 3.53. The zero-order valence-corrected chi connectivity index (χ0v) is 22.9. The molecule has 0 unspecified atom stereocenters. The van der Waals surface area contributed by atoms with Crippen LogP contribution in [-0.2, 0) is 11.3 Å². The number of nitrogens with zero attached hydrogens (tertiary/aromatic N) is 6. The number of likely N-dealkylation sites (tertiary alicyclic amines) is 2. The molecule has 3 saturated heterocycles. The Labute approximate surface area is 225 Å². The Balaban J connectivity index is 1.11. The van der Waals surface area contributed by atoms with Crippen LogP contribution in [0, 0.1) is 6.92 Å². The number of rotatable bonds is 5. The summed E-state index contributed by atoms with van der Waals surface area (Å²) in [4.78, 5) is 34.3. The maximum Gasteiger partial charge on any atom is 0.344 e. The zero-order chi connectivity index (χ0) is 26.3. The van der Waals surface area contributed by atoms with Crippen molar-refractivity contribution < 1.29 is 9.59 Å². The van der Waals surface area contributed by atoms with Gasteiger partial charge in [0, 0.05) is 82.3 Å². The first-order valence-corrected chi connectivity index (χ1v) is 14.4. The Morgan fingerprint density at radius 1 is 1.00 bits per heavy atom. The van der Waals surface area contributed by atoms with E-state index in [0.29, 0.717) is 5.82 Å². The molecule has 9 heteroatoms. The minimum atomic E-state index is -0.193. The minimum Gasteiger partial charge on any atom is -0.369 e. The number of piperazine rings is 1. The van der Waals surface area contributed by atoms with Gasteiger partial charge in [-0.25, -0.2) is 4.79 Å². The van der Waals surface area contributed by atoms with Gasteiger partial charge in [0.15, 0.2) is 5.82 Å². The van der Waals surface area contributed by atoms with Gasteiger partial charge in [0.1, 0.15) is 0 Å². The molecule has 1 saturated carbocycles. The number of hydrogen-bond acceptors (Lipinski definition) is 6. The topological polar surface area (TPSA) is 77.0 Å². The average Bonchev–Trinajstić information content (AvgIpc) is 3.56. The molecule has 0 bridgehead atoms. The molecule has 0 radical (unpaired) electrons. The van der Waals surface area contributed by atoms with Gasteiger partial charge in [-0.15, -0.1) is 5.10 Å². The molecule has 9 nitrogen and oxygen atoms in total. The van der Waals surface area contributed by atoms with Gasteiger partial charge in [0.2, 0.25) is 5.91 Å². The third-order valence-electron chi connectivity index (χ3n) is 9.12. The van der Waals surface area contributed by atoms with Crippen LogP contribution in [0.2, 0.25) is 0 Å². The van der Waals surface area contributed by atoms with Crippen LogP contribution in [0.5, 0.6) is 0 Å². The number of hydrogen-bond donors (Lipinski definition) is 1. The highest BCUT2D eigenvalue weighted by Crippen LogP contribution is 2.40. The molecule has 2 aromatic rings. The van der Waals surface area contributed by atoms with E-state index in [-0.39, 0.29) is 17.5 Å². The van der Waals surface area contributed by atoms with Crippen molar-refractivity contribution in [2.75, 3.05) is 56.0 Å². The average molecular weight is 520 g/mol. The Hall–Kier alpha value is -2.91. The molecule has 2 amide bonds. The molecule has 1 aliphatic carbocycles. The molecule has 38 heavy (non-hydrogen) atoms. The number of aryl methyl sites for hydroxylation is 1. The van der Waals surface area contributed by atoms with Crippen LogP contribution >= 0.6 is 0 Å². The molecule has 4 heterocycles. The van der Waals surface area contributed by atoms with E-state index in [4.69, 9.17) is 0 Å². The van der Waals surface area contributed by atoms with E-state index in [1.54, 1.807) is 12.3 Å². The third-order valence-corrected chi connectivity index (χ3v) is 9.12. The van der Waals surface area contributed by atoms with E-state index in [1.165, 1.54) is 67.2 Å². The molecule has 204 valence electrons. The lowest BCUT2D eigenvalue weighted by atomic mass is 9.84. The smallest absolute Gasteiger partial charge is 0.344 e. The molecule has 4 fully saturated rings. The standard InChI is InChI=1S/C29H41N7O2/c1-22-4-5-24(26(20-22)33-18-16-32(17-19-33)25-6-7-25)21-35-12-3-9-29(35)10-14-34(15-11-29)28(38)36-13-8-27(31-36)30-23(2)37/h4-5,8,13,20,25H,3,6-7,9-12,14-19,21H2,1-2H3,(H,30,31,37). The van der Waals surface area contributed by atoms with E-state index in [2.05, 4.69) is 50.2 Å². The molecule has 1 aromatic carbocycles. The lowest BCUT2D eigenvalue weighted by Crippen LogP contribution is -2.53. The Morgan fingerprint density at radius 2 is 1.76 bits per heavy atom. The summed E-state index contributed by atoms with van der Waals surface area (Å²) in [6.45, 7) is 11.8. The summed E-state index contributed by atoms with van der Waals surface area (Å²) < 4.78 is 1.34. The number of carbonyl (C=O) groups is 2. The second-order valence-corrected chi connectivity index (χ2v) is 11.7. The summed E-state index contributed by atoms with van der Waals surface area (Å²) >= 11 is 0. The van der Waals surface area contributed by atoms with Crippen molar-refractivity contribution in [1.29, 1.82) is 0 Å². The van der Waals surface area contributed by atoms with Gasteiger partial charge in [0.05, 0.1) is 0 Å². The van der Waals surface area contributed by atoms with Crippen LogP contribution in [0.25, 0.3) is 0 Å². The molecular weight excluding hydrogens is 478 g/mol. The van der Waals surface area contributed by atoms with E-state index >= 15 is 0 Å². The van der Waals surface area contributed by atoms with Crippen molar-refractivity contribution in [1.82, 2.24) is 24.5 Å². The van der Waals surface area contributed by atoms with Crippen LogP contribution < -0.4 is 10.2 Å². The largest absolute Gasteiger partial charge is 0.369 e. The fraction of sp³-hybridized carbons (Fsp3) is 0.621. The van der Waals surface area contributed by atoms with Crippen molar-refractivity contribution in [2.45, 2.75) is 70.5 Å². The highest BCUT2D eigenvalue weighted by atomic mass is 16.2. The van der Waals surface area contributed by atoms with Crippen LogP contribution in [0.15, 0.2) is 30.5 Å². The first-order chi connectivity index (χ1) is 18.4. The fourth-order valence-electron chi connectivity index (χ4n) is 6.82. The summed E-state index contributed by atoms with van der Waals surface area (Å²) in [5, 5.41) is 6.88. The van der Waals surface area contributed by atoms with Gasteiger partial charge in [-0.05, 0) is 69.2 Å². The summed E-state index contributed by atoms with van der Waals surface area (Å²) in [7, 11) is 0. The zero-order valence-electron chi connectivity index (χ0n) is 22.9. The second kappa shape index (κ2) is 10.3. The lowest BCUT2D eigenvalue weighted by Gasteiger charge is -2.45. The number of aromatic nitrogens is 2. The van der Waals surface area contributed by atoms with Crippen molar-refractivity contribution >= 4 is 23.4 Å². The molecule has 1 N–H and O–H groups in total. The Morgan fingerprint density at radius 3 is 2.47 bits per heavy atom. The summed E-state index contributed by atoms with van der Waals surface area (Å²) in [6, 6.07) is 9.41. The SMILES string of the molecule is CC(=O)Nc1ccn(C(=O)N2CCC3(CCCN3Cc3ccc(C)cc3N3CCN(C4CC4)CC3)CC2)n1. The maximum atomic E-state index is 13.1. The highest BCUT2D eigenvalue weighted by molar-refractivity contribution is 5.88. The summed E-state index contributed by atoms with van der Waals surface area (Å²) in [6.07, 6.45) is 8.79. The van der Waals surface area contributed by atoms with E-state index in [1.807, 2.05) is 4.90 Å². The van der Waals surface area contributed by atoms with E-state index in [9.17, 15) is 9.59 Å². The molecule has 6 rings (SSSR count). The normalized spacial score (nSPS) is 22.3. The first-order valence-electron chi connectivity index (χ1n) is 14.4. The monoisotopic (exact) mass is 519 g/mol. The minimum absolute atomic E-state index is 0.118. The van der Waals surface area contributed by atoms with Crippen molar-refractivity contribution in [2.24, 2.45) is 0 Å². The summed E-state index contributed by atoms with van der Waals surface area (Å²) in [5.74, 6) is 0.213. The molecule has 1 spiro atoms. The van der Waals surface area contributed by atoms with Gasteiger partial charge in [0.25, 0.3) is 0 Å². The Bertz CT molecular complexity index is 1170. The van der Waals surface area contributed by atoms with Crippen LogP contribution in [0.1, 0.15) is 56.6 Å². The first kappa shape index (κ1) is 25.4. The quantitative estimate of drug-likeness (QED) is 0.651. The predicted molar refractivity (Wildman–Crippen MR) is 148 cm³/mol. The van der Waals surface area contributed by atoms with Crippen LogP contribution in [0.4, 0.5) is 16.3 Å². The third kappa shape index (κ3) is 5.18. The van der Waals surface area contributed by atoms with E-state index in [0.717, 1.165) is 58.2 Å². The fourth-order valence-corrected chi connectivity index (χ4v) is 6.82. The van der Waals surface area contributed by atoms with Gasteiger partial charge >= 0.3 is 6.03 Å². The van der Waals surface area contributed by atoms with Crippen molar-refractivity contribution in [3.8, 4) is 0 Å². The number of carbonyl (C=O) groups excluding carboxylic acids is 2. The number of anilines is 2. The van der Waals surface area contributed by atoms with Crippen molar-refractivity contribution in [3.63, 3.8) is 0 Å². The highest BCUT2D eigenvalue weighted by Gasteiger charge is 2.44. The molecular formula is C29H41N7O2. The van der Waals surface area contributed by atoms with Gasteiger partial charge in [-0.2, -0.15) is 4.68 Å². The van der Waals surface area contributed by atoms with Crippen LogP contribution in [0.3, 0.4) is 0 Å². The van der Waals surface area contributed by atoms with Gasteiger partial charge < -0.3 is 15.1 Å². The number of amides is 2. The molecule has 3 aliphatic heterocycles. The van der Waals surface area contributed by atoms with Gasteiger partial charge in [-0.3, -0.25) is 14.6 Å². The molecule has 4 aliphatic rings. The second-order valence-electron chi connectivity index (χ2n) is 11.7. The number of piperidine rings is 1. The van der Waals surface area contributed by atoms with Crippen molar-refractivity contribution in [3.05, 3.63) is 41.6 Å². The Kier molecular flexibility index (Phi) is 6.90. The van der Waals surface area contributed by atoms with Gasteiger partial charge in [-0.1, -0.05) is 12.1 Å². The maximum absolute atomic E-state index is 13.1. The molecule has 0 atom stereocenters. The number of benzene rings is 1. The number of nitrogens with one attached hydrogen (secondary N) is 1.